The second kappa shape index (κ2) is 32.2. The number of carbonyl (C=O) groups excluding carboxylic acids is 11. The van der Waals surface area contributed by atoms with Crippen molar-refractivity contribution < 1.29 is 87.0 Å². The van der Waals surface area contributed by atoms with Crippen molar-refractivity contribution in [2.45, 2.75) is 166 Å². The van der Waals surface area contributed by atoms with Crippen LogP contribution in [0.1, 0.15) is 107 Å². The number of primary amides is 1. The van der Waals surface area contributed by atoms with E-state index in [1.165, 1.54) is 48.2 Å². The standard InChI is InChI=1S/C61H88N12O18S/c1-10-33(4)48(66-55(83)42-29-68(42)7)58(85)69(8)40(32(2)3)28-43(89-35(6)75)56-65-39(31-92-56)57(84)70(9)41-27-36-15-17-37(18-16-36)90-60-52(51(80)50(79)44(30-74)91-60)88-34(5)49(67-53(81)38(64-54(41)82)13-11-21-63-61(62)87)59(86)72-25-23-71(24-26-72)45(76)14-12-22-73-46(77)19-20-47(73)78/h15-20,31-34,38,40-44,48-52,60,74,79-80H,10-14,21-30H2,1-9H3,(H,64,82)(H,66,83)(H,67,81)(H3,62,63,87)/t33-,34?,38-,40+,41-,42+,43+,44?,48-,49-,50?,51?,52?,60?,68?/m0/s1. The molecule has 1 aromatic heterocycles. The molecule has 3 fully saturated rings. The number of aliphatic hydroxyl groups excluding tert-OH is 3. The summed E-state index contributed by atoms with van der Waals surface area (Å²) in [6, 6.07) is -0.976. The number of nitrogens with zero attached hydrogens (tertiary/aromatic N) is 7. The van der Waals surface area contributed by atoms with Gasteiger partial charge in [-0.25, -0.2) is 9.78 Å². The van der Waals surface area contributed by atoms with Crippen LogP contribution in [0.5, 0.6) is 5.75 Å². The average Bonchev–Trinajstić information content (AvgIpc) is 0.934. The Labute approximate surface area is 537 Å². The van der Waals surface area contributed by atoms with Crippen LogP contribution in [0.15, 0.2) is 41.8 Å². The maximum atomic E-state index is 15.1. The first kappa shape index (κ1) is 71.8. The van der Waals surface area contributed by atoms with E-state index in [0.29, 0.717) is 18.5 Å². The Morgan fingerprint density at radius 2 is 1.57 bits per heavy atom. The Morgan fingerprint density at radius 1 is 0.913 bits per heavy atom. The van der Waals surface area contributed by atoms with E-state index in [0.717, 1.165) is 33.3 Å². The normalized spacial score (nSPS) is 26.5. The molecule has 7 unspecified atom stereocenters. The van der Waals surface area contributed by atoms with Crippen LogP contribution in [-0.2, 0) is 63.8 Å². The van der Waals surface area contributed by atoms with Crippen LogP contribution in [0, 0.1) is 11.8 Å². The fourth-order valence-corrected chi connectivity index (χ4v) is 12.4. The van der Waals surface area contributed by atoms with E-state index in [1.807, 2.05) is 39.6 Å². The first-order valence-corrected chi connectivity index (χ1v) is 31.9. The summed E-state index contributed by atoms with van der Waals surface area (Å²) in [5.41, 5.74) is 5.68. The van der Waals surface area contributed by atoms with Crippen molar-refractivity contribution in [2.75, 3.05) is 73.6 Å². The van der Waals surface area contributed by atoms with Gasteiger partial charge in [-0.1, -0.05) is 46.2 Å². The highest BCUT2D eigenvalue weighted by Gasteiger charge is 2.49. The lowest BCUT2D eigenvalue weighted by Crippen LogP contribution is -2.65. The van der Waals surface area contributed by atoms with Crippen molar-refractivity contribution in [2.24, 2.45) is 17.6 Å². The topological polar surface area (TPSA) is 392 Å². The summed E-state index contributed by atoms with van der Waals surface area (Å²) in [4.78, 5) is 163. The number of urea groups is 1. The number of hydrogen-bond acceptors (Lipinski definition) is 21. The fraction of sp³-hybridized carbons (Fsp3) is 0.639. The predicted molar refractivity (Wildman–Crippen MR) is 328 cm³/mol. The van der Waals surface area contributed by atoms with Gasteiger partial charge in [0.1, 0.15) is 71.1 Å². The third-order valence-corrected chi connectivity index (χ3v) is 18.4. The SMILES string of the molecule is CC[C@H](C)[C@H](NC(=O)[C@H]1CN1C)C(=O)N(C)[C@H](C[C@@H](OC(C)=O)c1nc(C(=O)N(C)[C@H]2Cc3ccc(cc3)OC3OC(CO)C(O)C(O)C3OC(C)[C@@H](C(=O)N3CCN(C(=O)CCCN4C(=O)C=CC4=O)CC3)NC(=O)[C@H](CCCNC(N)=O)NC2=O)cs1)C(C)C. The molecule has 0 radical (unpaired) electrons. The lowest BCUT2D eigenvalue weighted by atomic mass is 9.93. The number of aliphatic hydroxyl groups is 3. The monoisotopic (exact) mass is 1310 g/mol. The van der Waals surface area contributed by atoms with Crippen LogP contribution in [0.3, 0.4) is 0 Å². The number of amides is 11. The molecule has 0 aliphatic carbocycles. The van der Waals surface area contributed by atoms with E-state index >= 15 is 4.79 Å². The van der Waals surface area contributed by atoms with Gasteiger partial charge in [-0.15, -0.1) is 11.3 Å². The minimum absolute atomic E-state index is 0.00123. The largest absolute Gasteiger partial charge is 0.462 e. The highest BCUT2D eigenvalue weighted by atomic mass is 32.1. The number of hydrogen-bond donors (Lipinski definition) is 8. The Bertz CT molecular complexity index is 3020. The summed E-state index contributed by atoms with van der Waals surface area (Å²) in [6.07, 6.45) is -7.69. The highest BCUT2D eigenvalue weighted by molar-refractivity contribution is 7.09. The Kier molecular flexibility index (Phi) is 25.2. The number of rotatable bonds is 23. The number of piperazine rings is 1. The minimum atomic E-state index is -1.80. The Hall–Kier alpha value is -7.68. The summed E-state index contributed by atoms with van der Waals surface area (Å²) in [5.74, 6) is -6.05. The molecule has 92 heavy (non-hydrogen) atoms. The van der Waals surface area contributed by atoms with E-state index in [-0.39, 0.29) is 130 Å². The first-order valence-electron chi connectivity index (χ1n) is 31.1. The van der Waals surface area contributed by atoms with Gasteiger partial charge in [0.25, 0.3) is 17.7 Å². The van der Waals surface area contributed by atoms with Crippen LogP contribution in [0.2, 0.25) is 0 Å². The van der Waals surface area contributed by atoms with E-state index in [1.54, 1.807) is 24.1 Å². The van der Waals surface area contributed by atoms with Crippen molar-refractivity contribution in [3.8, 4) is 5.75 Å². The van der Waals surface area contributed by atoms with Gasteiger partial charge in [0.15, 0.2) is 6.10 Å². The molecular weight excluding hydrogens is 1220 g/mol. The van der Waals surface area contributed by atoms with E-state index in [2.05, 4.69) is 26.3 Å². The van der Waals surface area contributed by atoms with Crippen molar-refractivity contribution in [3.05, 3.63) is 58.1 Å². The minimum Gasteiger partial charge on any atom is -0.462 e. The fourth-order valence-electron chi connectivity index (χ4n) is 11.5. The second-order valence-corrected chi connectivity index (χ2v) is 25.2. The molecule has 30 nitrogen and oxygen atoms in total. The predicted octanol–water partition coefficient (Wildman–Crippen LogP) is -1.45. The molecule has 2 bridgehead atoms. The summed E-state index contributed by atoms with van der Waals surface area (Å²) >= 11 is 1.01. The molecule has 2 aromatic rings. The Balaban J connectivity index is 1.17. The van der Waals surface area contributed by atoms with Gasteiger partial charge in [0, 0.05) is 110 Å². The molecule has 7 heterocycles. The van der Waals surface area contributed by atoms with Crippen LogP contribution in [-0.4, -0.2) is 261 Å². The number of nitrogens with two attached hydrogens (primary N) is 1. The molecule has 11 amide bonds. The van der Waals surface area contributed by atoms with Crippen LogP contribution >= 0.6 is 11.3 Å². The zero-order valence-electron chi connectivity index (χ0n) is 53.4. The Morgan fingerprint density at radius 3 is 2.16 bits per heavy atom. The van der Waals surface area contributed by atoms with E-state index in [9.17, 15) is 63.3 Å². The number of imide groups is 1. The van der Waals surface area contributed by atoms with Gasteiger partial charge in [-0.05, 0) is 62.8 Å². The van der Waals surface area contributed by atoms with E-state index < -0.39 is 127 Å². The maximum absolute atomic E-state index is 15.1. The van der Waals surface area contributed by atoms with Crippen LogP contribution < -0.4 is 31.7 Å². The summed E-state index contributed by atoms with van der Waals surface area (Å²) < 4.78 is 24.4. The molecule has 15 atom stereocenters. The summed E-state index contributed by atoms with van der Waals surface area (Å²) in [6.45, 7) is 10.1. The molecule has 6 aliphatic rings. The average molecular weight is 1310 g/mol. The molecule has 31 heteroatoms. The molecule has 3 saturated heterocycles. The van der Waals surface area contributed by atoms with Gasteiger partial charge in [-0.2, -0.15) is 0 Å². The van der Waals surface area contributed by atoms with Gasteiger partial charge >= 0.3 is 12.0 Å². The number of ether oxygens (including phenoxy) is 4. The molecule has 0 saturated carbocycles. The number of benzene rings is 1. The zero-order chi connectivity index (χ0) is 67.4. The van der Waals surface area contributed by atoms with Crippen molar-refractivity contribution in [1.82, 2.24) is 55.7 Å². The molecule has 1 aromatic carbocycles. The third-order valence-electron chi connectivity index (χ3n) is 17.5. The lowest BCUT2D eigenvalue weighted by Gasteiger charge is -2.43. The number of carbonyl (C=O) groups is 11. The quantitative estimate of drug-likeness (QED) is 0.0207. The lowest BCUT2D eigenvalue weighted by molar-refractivity contribution is -0.295. The molecule has 8 rings (SSSR count). The number of esters is 1. The van der Waals surface area contributed by atoms with E-state index in [4.69, 9.17) is 24.7 Å². The molecule has 506 valence electrons. The van der Waals surface area contributed by atoms with Gasteiger partial charge in [-0.3, -0.25) is 57.7 Å². The number of likely N-dealkylation sites (N-methyl/N-ethyl adjacent to an activating group) is 3. The second-order valence-electron chi connectivity index (χ2n) is 24.4. The van der Waals surface area contributed by atoms with Gasteiger partial charge < -0.3 is 80.9 Å². The van der Waals surface area contributed by atoms with Crippen molar-refractivity contribution in [1.29, 1.82) is 0 Å². The van der Waals surface area contributed by atoms with Gasteiger partial charge in [0.2, 0.25) is 41.7 Å². The zero-order valence-corrected chi connectivity index (χ0v) is 54.2. The molecule has 6 aliphatic heterocycles. The number of nitrogens with one attached hydrogen (secondary N) is 4. The van der Waals surface area contributed by atoms with Crippen molar-refractivity contribution >= 4 is 76.5 Å². The van der Waals surface area contributed by atoms with Crippen molar-refractivity contribution in [3.63, 3.8) is 0 Å². The molecule has 0 spiro atoms. The van der Waals surface area contributed by atoms with Gasteiger partial charge in [0.05, 0.1) is 12.7 Å². The smallest absolute Gasteiger partial charge is 0.312 e. The molecule has 9 N–H and O–H groups in total. The summed E-state index contributed by atoms with van der Waals surface area (Å²) in [5, 5.41) is 45.5. The highest BCUT2D eigenvalue weighted by Crippen LogP contribution is 2.33. The number of aromatic nitrogens is 1. The number of thiazole rings is 1. The molecular formula is C61H88N12O18S. The third kappa shape index (κ3) is 18.1. The van der Waals surface area contributed by atoms with Crippen LogP contribution in [0.25, 0.3) is 0 Å². The van der Waals surface area contributed by atoms with Crippen LogP contribution in [0.4, 0.5) is 4.79 Å². The number of fused-ring (bicyclic) bond motifs is 11. The maximum Gasteiger partial charge on any atom is 0.312 e. The summed E-state index contributed by atoms with van der Waals surface area (Å²) in [7, 11) is 4.81. The first-order chi connectivity index (χ1) is 43.6.